The van der Waals surface area contributed by atoms with E-state index in [2.05, 4.69) is 9.59 Å². The molecule has 0 saturated carbocycles. The number of amides is 1. The molecule has 1 aliphatic rings. The van der Waals surface area contributed by atoms with E-state index in [1.54, 1.807) is 4.90 Å². The Bertz CT molecular complexity index is 366. The van der Waals surface area contributed by atoms with Crippen LogP contribution in [0, 0.1) is 0 Å². The Hall–Kier alpha value is -1.01. The Balaban J connectivity index is 2.14. The predicted octanol–water partition coefficient (Wildman–Crippen LogP) is 0.307. The normalized spacial score (nSPS) is 20.9. The number of nitrogens with zero attached hydrogens (tertiary/aromatic N) is 3. The van der Waals surface area contributed by atoms with E-state index in [1.807, 2.05) is 6.92 Å². The number of β-amino-alcohol motifs (C(OH)–C–C–N with tert-alkyl or cyclic N) is 1. The van der Waals surface area contributed by atoms with Crippen LogP contribution in [0.1, 0.15) is 28.7 Å². The number of rotatable bonds is 2. The quantitative estimate of drug-likeness (QED) is 0.789. The summed E-state index contributed by atoms with van der Waals surface area (Å²) in [5.41, 5.74) is 0.756. The highest BCUT2D eigenvalue weighted by Gasteiger charge is 2.28. The molecular formula is C9H13N3O2S. The Labute approximate surface area is 91.9 Å². The molecule has 0 spiro atoms. The highest BCUT2D eigenvalue weighted by molar-refractivity contribution is 7.08. The second kappa shape index (κ2) is 4.24. The second-order valence-corrected chi connectivity index (χ2v) is 4.35. The minimum atomic E-state index is -0.375. The van der Waals surface area contributed by atoms with Crippen molar-refractivity contribution in [2.24, 2.45) is 0 Å². The number of aromatic nitrogens is 2. The van der Waals surface area contributed by atoms with Gasteiger partial charge < -0.3 is 10.0 Å². The van der Waals surface area contributed by atoms with Gasteiger partial charge in [-0.3, -0.25) is 4.79 Å². The molecule has 0 radical (unpaired) electrons. The maximum absolute atomic E-state index is 12.0. The van der Waals surface area contributed by atoms with Crippen LogP contribution in [0.25, 0.3) is 0 Å². The van der Waals surface area contributed by atoms with Gasteiger partial charge in [0.15, 0.2) is 0 Å². The fraction of sp³-hybridized carbons (Fsp3) is 0.667. The van der Waals surface area contributed by atoms with Gasteiger partial charge in [0.25, 0.3) is 5.91 Å². The summed E-state index contributed by atoms with van der Waals surface area (Å²) in [5.74, 6) is -0.0431. The molecule has 82 valence electrons. The van der Waals surface area contributed by atoms with E-state index in [4.69, 9.17) is 0 Å². The zero-order chi connectivity index (χ0) is 10.8. The first-order valence-electron chi connectivity index (χ1n) is 5.01. The maximum Gasteiger partial charge on any atom is 0.267 e. The molecule has 5 nitrogen and oxygen atoms in total. The highest BCUT2D eigenvalue weighted by Crippen LogP contribution is 2.18. The van der Waals surface area contributed by atoms with Gasteiger partial charge in [-0.1, -0.05) is 11.4 Å². The van der Waals surface area contributed by atoms with E-state index in [9.17, 15) is 9.90 Å². The number of aliphatic hydroxyl groups excluding tert-OH is 1. The number of aliphatic hydroxyl groups is 1. The van der Waals surface area contributed by atoms with Crippen LogP contribution in [-0.2, 0) is 6.42 Å². The van der Waals surface area contributed by atoms with Gasteiger partial charge in [-0.05, 0) is 24.4 Å². The van der Waals surface area contributed by atoms with Crippen LogP contribution in [0.5, 0.6) is 0 Å². The average molecular weight is 227 g/mol. The second-order valence-electron chi connectivity index (χ2n) is 3.60. The van der Waals surface area contributed by atoms with Crippen LogP contribution >= 0.6 is 11.5 Å². The van der Waals surface area contributed by atoms with Gasteiger partial charge in [0.1, 0.15) is 4.88 Å². The van der Waals surface area contributed by atoms with Crippen LogP contribution in [0.4, 0.5) is 0 Å². The molecule has 0 bridgehead atoms. The van der Waals surface area contributed by atoms with Crippen molar-refractivity contribution in [3.05, 3.63) is 10.6 Å². The summed E-state index contributed by atoms with van der Waals surface area (Å²) in [6.07, 6.45) is 1.01. The fourth-order valence-corrected chi connectivity index (χ4v) is 2.39. The summed E-state index contributed by atoms with van der Waals surface area (Å²) in [6, 6.07) is 0. The lowest BCUT2D eigenvalue weighted by Crippen LogP contribution is -2.29. The summed E-state index contributed by atoms with van der Waals surface area (Å²) in [5, 5.41) is 13.3. The van der Waals surface area contributed by atoms with Gasteiger partial charge in [0.2, 0.25) is 0 Å². The number of carbonyl (C=O) groups excluding carboxylic acids is 1. The molecule has 6 heteroatoms. The smallest absolute Gasteiger partial charge is 0.267 e. The molecule has 0 aliphatic carbocycles. The lowest BCUT2D eigenvalue weighted by Gasteiger charge is -2.14. The van der Waals surface area contributed by atoms with Crippen LogP contribution in [0.3, 0.4) is 0 Å². The molecule has 1 aromatic heterocycles. The molecular weight excluding hydrogens is 214 g/mol. The topological polar surface area (TPSA) is 66.3 Å². The zero-order valence-corrected chi connectivity index (χ0v) is 9.33. The van der Waals surface area contributed by atoms with Gasteiger partial charge in [-0.15, -0.1) is 5.10 Å². The van der Waals surface area contributed by atoms with Crippen molar-refractivity contribution in [2.45, 2.75) is 25.9 Å². The Morgan fingerprint density at radius 3 is 3.13 bits per heavy atom. The highest BCUT2D eigenvalue weighted by atomic mass is 32.1. The maximum atomic E-state index is 12.0. The lowest BCUT2D eigenvalue weighted by atomic mass is 10.3. The fourth-order valence-electron chi connectivity index (χ4n) is 1.67. The number of hydrogen-bond donors (Lipinski definition) is 1. The first-order chi connectivity index (χ1) is 7.22. The molecule has 1 amide bonds. The summed E-state index contributed by atoms with van der Waals surface area (Å²) in [4.78, 5) is 14.3. The minimum Gasteiger partial charge on any atom is -0.391 e. The summed E-state index contributed by atoms with van der Waals surface area (Å²) in [7, 11) is 0. The molecule has 1 atom stereocenters. The Morgan fingerprint density at radius 2 is 2.53 bits per heavy atom. The van der Waals surface area contributed by atoms with Crippen LogP contribution < -0.4 is 0 Å². The molecule has 1 saturated heterocycles. The first-order valence-corrected chi connectivity index (χ1v) is 5.78. The monoisotopic (exact) mass is 227 g/mol. The van der Waals surface area contributed by atoms with Crippen molar-refractivity contribution < 1.29 is 9.90 Å². The van der Waals surface area contributed by atoms with Gasteiger partial charge in [0, 0.05) is 13.1 Å². The molecule has 0 aromatic carbocycles. The van der Waals surface area contributed by atoms with Crippen molar-refractivity contribution in [3.63, 3.8) is 0 Å². The average Bonchev–Trinajstić information content (AvgIpc) is 2.84. The van der Waals surface area contributed by atoms with E-state index in [0.29, 0.717) is 30.8 Å². The van der Waals surface area contributed by atoms with Gasteiger partial charge >= 0.3 is 0 Å². The number of hydrogen-bond acceptors (Lipinski definition) is 5. The van der Waals surface area contributed by atoms with E-state index in [1.165, 1.54) is 0 Å². The minimum absolute atomic E-state index is 0.0431. The molecule has 2 heterocycles. The van der Waals surface area contributed by atoms with Crippen molar-refractivity contribution >= 4 is 17.4 Å². The molecule has 1 N–H and O–H groups in total. The van der Waals surface area contributed by atoms with Crippen molar-refractivity contribution in [3.8, 4) is 0 Å². The predicted molar refractivity (Wildman–Crippen MR) is 55.8 cm³/mol. The molecule has 1 aromatic rings. The van der Waals surface area contributed by atoms with E-state index in [-0.39, 0.29) is 12.0 Å². The molecule has 2 rings (SSSR count). The summed E-state index contributed by atoms with van der Waals surface area (Å²) in [6.45, 7) is 3.01. The number of likely N-dealkylation sites (tertiary alicyclic amines) is 1. The van der Waals surface area contributed by atoms with Gasteiger partial charge in [0.05, 0.1) is 11.8 Å². The molecule has 0 unspecified atom stereocenters. The third kappa shape index (κ3) is 2.00. The summed E-state index contributed by atoms with van der Waals surface area (Å²) < 4.78 is 3.79. The van der Waals surface area contributed by atoms with Crippen LogP contribution in [0.15, 0.2) is 0 Å². The number of carbonyl (C=O) groups is 1. The molecule has 15 heavy (non-hydrogen) atoms. The summed E-state index contributed by atoms with van der Waals surface area (Å²) >= 11 is 1.14. The number of aryl methyl sites for hydroxylation is 1. The van der Waals surface area contributed by atoms with Gasteiger partial charge in [-0.25, -0.2) is 0 Å². The Morgan fingerprint density at radius 1 is 1.73 bits per heavy atom. The lowest BCUT2D eigenvalue weighted by molar-refractivity contribution is 0.0768. The van der Waals surface area contributed by atoms with E-state index >= 15 is 0 Å². The largest absolute Gasteiger partial charge is 0.391 e. The third-order valence-electron chi connectivity index (χ3n) is 2.54. The first kappa shape index (κ1) is 10.5. The van der Waals surface area contributed by atoms with E-state index in [0.717, 1.165) is 17.2 Å². The van der Waals surface area contributed by atoms with Crippen LogP contribution in [0.2, 0.25) is 0 Å². The van der Waals surface area contributed by atoms with Gasteiger partial charge in [-0.2, -0.15) is 0 Å². The molecule has 1 aliphatic heterocycles. The van der Waals surface area contributed by atoms with Crippen molar-refractivity contribution in [2.75, 3.05) is 13.1 Å². The Kier molecular flexibility index (Phi) is 2.97. The zero-order valence-electron chi connectivity index (χ0n) is 8.51. The van der Waals surface area contributed by atoms with E-state index < -0.39 is 0 Å². The molecule has 1 fully saturated rings. The van der Waals surface area contributed by atoms with Crippen molar-refractivity contribution in [1.29, 1.82) is 0 Å². The SMILES string of the molecule is CCc1nnsc1C(=O)N1CC[C@H](O)C1. The third-order valence-corrected chi connectivity index (χ3v) is 3.29. The van der Waals surface area contributed by atoms with Crippen LogP contribution in [-0.4, -0.2) is 44.7 Å². The van der Waals surface area contributed by atoms with Crippen molar-refractivity contribution in [1.82, 2.24) is 14.5 Å². The standard InChI is InChI=1S/C9H13N3O2S/c1-2-7-8(15-11-10-7)9(14)12-4-3-6(13)5-12/h6,13H,2-5H2,1H3/t6-/m0/s1.